The minimum absolute atomic E-state index is 0.330. The number of rotatable bonds is 4. The minimum Gasteiger partial charge on any atom is -0.389 e. The number of para-hydroxylation sites is 1. The Bertz CT molecular complexity index is 570. The van der Waals surface area contributed by atoms with Crippen molar-refractivity contribution >= 4 is 28.6 Å². The highest BCUT2D eigenvalue weighted by atomic mass is 35.5. The highest BCUT2D eigenvalue weighted by Gasteiger charge is 2.16. The largest absolute Gasteiger partial charge is 0.389 e. The lowest BCUT2D eigenvalue weighted by Crippen LogP contribution is -2.19. The van der Waals surface area contributed by atoms with Gasteiger partial charge in [-0.3, -0.25) is 0 Å². The zero-order chi connectivity index (χ0) is 14.0. The maximum atomic E-state index is 14.0. The van der Waals surface area contributed by atoms with Gasteiger partial charge in [-0.2, -0.15) is 0 Å². The molecule has 1 heterocycles. The number of aliphatic hydroxyl groups excluding tert-OH is 1. The van der Waals surface area contributed by atoms with E-state index in [1.807, 2.05) is 12.1 Å². The number of aliphatic hydroxyl groups is 1. The summed E-state index contributed by atoms with van der Waals surface area (Å²) < 4.78 is 14.7. The standard InChI is InChI=1S/C14H15ClFNOS/c1-9(18)11-4-3-5-12(16)14(11)17(2)8-10-6-7-13(15)19-10/h3-7,9,18H,8H2,1-2H3. The lowest BCUT2D eigenvalue weighted by atomic mass is 10.1. The summed E-state index contributed by atoms with van der Waals surface area (Å²) in [6, 6.07) is 8.50. The monoisotopic (exact) mass is 299 g/mol. The SMILES string of the molecule is CC(O)c1cccc(F)c1N(C)Cc1ccc(Cl)s1. The van der Waals surface area contributed by atoms with Crippen molar-refractivity contribution in [1.82, 2.24) is 0 Å². The van der Waals surface area contributed by atoms with Crippen LogP contribution >= 0.6 is 22.9 Å². The normalized spacial score (nSPS) is 12.5. The Balaban J connectivity index is 2.30. The van der Waals surface area contributed by atoms with E-state index >= 15 is 0 Å². The van der Waals surface area contributed by atoms with Crippen LogP contribution in [0.4, 0.5) is 10.1 Å². The molecule has 2 aromatic rings. The summed E-state index contributed by atoms with van der Waals surface area (Å²) in [5, 5.41) is 9.74. The van der Waals surface area contributed by atoms with E-state index in [1.165, 1.54) is 17.4 Å². The Morgan fingerprint density at radius 2 is 2.11 bits per heavy atom. The number of anilines is 1. The molecule has 102 valence electrons. The van der Waals surface area contributed by atoms with E-state index in [-0.39, 0.29) is 5.82 Å². The van der Waals surface area contributed by atoms with Gasteiger partial charge in [0.15, 0.2) is 0 Å². The molecule has 0 amide bonds. The first-order valence-electron chi connectivity index (χ1n) is 5.91. The summed E-state index contributed by atoms with van der Waals surface area (Å²) in [5.41, 5.74) is 1.02. The smallest absolute Gasteiger partial charge is 0.146 e. The Morgan fingerprint density at radius 3 is 2.68 bits per heavy atom. The van der Waals surface area contributed by atoms with Gasteiger partial charge in [-0.1, -0.05) is 23.7 Å². The van der Waals surface area contributed by atoms with E-state index in [9.17, 15) is 9.50 Å². The molecule has 1 N–H and O–H groups in total. The van der Waals surface area contributed by atoms with Gasteiger partial charge in [0.1, 0.15) is 5.82 Å². The zero-order valence-electron chi connectivity index (χ0n) is 10.7. The number of hydrogen-bond acceptors (Lipinski definition) is 3. The molecule has 1 aromatic carbocycles. The predicted octanol–water partition coefficient (Wildman–Crippen LogP) is 4.23. The van der Waals surface area contributed by atoms with Crippen molar-refractivity contribution in [3.63, 3.8) is 0 Å². The molecule has 19 heavy (non-hydrogen) atoms. The molecule has 2 rings (SSSR count). The van der Waals surface area contributed by atoms with Crippen LogP contribution in [0.25, 0.3) is 0 Å². The fourth-order valence-corrected chi connectivity index (χ4v) is 3.16. The van der Waals surface area contributed by atoms with Gasteiger partial charge >= 0.3 is 0 Å². The van der Waals surface area contributed by atoms with E-state index in [2.05, 4.69) is 0 Å². The first kappa shape index (κ1) is 14.3. The Morgan fingerprint density at radius 1 is 1.37 bits per heavy atom. The van der Waals surface area contributed by atoms with Crippen molar-refractivity contribution in [2.75, 3.05) is 11.9 Å². The molecular formula is C14H15ClFNOS. The van der Waals surface area contributed by atoms with E-state index in [4.69, 9.17) is 11.6 Å². The fourth-order valence-electron chi connectivity index (χ4n) is 2.02. The molecular weight excluding hydrogens is 285 g/mol. The summed E-state index contributed by atoms with van der Waals surface area (Å²) in [6.07, 6.45) is -0.708. The first-order valence-corrected chi connectivity index (χ1v) is 7.10. The van der Waals surface area contributed by atoms with Crippen LogP contribution in [-0.2, 0) is 6.54 Å². The highest BCUT2D eigenvalue weighted by Crippen LogP contribution is 2.31. The molecule has 1 unspecified atom stereocenters. The first-order chi connectivity index (χ1) is 8.99. The van der Waals surface area contributed by atoms with Gasteiger partial charge in [-0.25, -0.2) is 4.39 Å². The quantitative estimate of drug-likeness (QED) is 0.913. The summed E-state index contributed by atoms with van der Waals surface area (Å²) in [6.45, 7) is 2.19. The van der Waals surface area contributed by atoms with Crippen LogP contribution in [0.2, 0.25) is 4.34 Å². The van der Waals surface area contributed by atoms with Gasteiger partial charge in [0.2, 0.25) is 0 Å². The summed E-state index contributed by atoms with van der Waals surface area (Å²) in [7, 11) is 1.80. The molecule has 0 aliphatic rings. The minimum atomic E-state index is -0.708. The number of hydrogen-bond donors (Lipinski definition) is 1. The van der Waals surface area contributed by atoms with E-state index in [0.29, 0.717) is 22.1 Å². The number of benzene rings is 1. The summed E-state index contributed by atoms with van der Waals surface area (Å²) in [5.74, 6) is -0.330. The third kappa shape index (κ3) is 3.26. The van der Waals surface area contributed by atoms with Crippen molar-refractivity contribution in [3.8, 4) is 0 Å². The predicted molar refractivity (Wildman–Crippen MR) is 78.5 cm³/mol. The van der Waals surface area contributed by atoms with Gasteiger partial charge in [0.25, 0.3) is 0 Å². The van der Waals surface area contributed by atoms with Gasteiger partial charge in [-0.15, -0.1) is 11.3 Å². The van der Waals surface area contributed by atoms with Crippen LogP contribution < -0.4 is 4.90 Å². The lowest BCUT2D eigenvalue weighted by molar-refractivity contribution is 0.199. The average molecular weight is 300 g/mol. The molecule has 0 fully saturated rings. The van der Waals surface area contributed by atoms with Crippen LogP contribution in [0.3, 0.4) is 0 Å². The Kier molecular flexibility index (Phi) is 4.45. The molecule has 1 atom stereocenters. The molecule has 0 aliphatic carbocycles. The highest BCUT2D eigenvalue weighted by molar-refractivity contribution is 7.16. The summed E-state index contributed by atoms with van der Waals surface area (Å²) in [4.78, 5) is 2.84. The van der Waals surface area contributed by atoms with Crippen molar-refractivity contribution in [2.24, 2.45) is 0 Å². The van der Waals surface area contributed by atoms with E-state index in [0.717, 1.165) is 4.88 Å². The number of halogens is 2. The second kappa shape index (κ2) is 5.90. The van der Waals surface area contributed by atoms with E-state index in [1.54, 1.807) is 31.0 Å². The van der Waals surface area contributed by atoms with Crippen LogP contribution in [0.5, 0.6) is 0 Å². The molecule has 0 saturated carbocycles. The summed E-state index contributed by atoms with van der Waals surface area (Å²) >= 11 is 7.36. The van der Waals surface area contributed by atoms with E-state index < -0.39 is 6.10 Å². The zero-order valence-corrected chi connectivity index (χ0v) is 12.3. The maximum absolute atomic E-state index is 14.0. The van der Waals surface area contributed by atoms with Crippen LogP contribution in [0.1, 0.15) is 23.5 Å². The van der Waals surface area contributed by atoms with Gasteiger partial charge in [-0.05, 0) is 25.1 Å². The number of thiophene rings is 1. The van der Waals surface area contributed by atoms with Gasteiger partial charge in [0, 0.05) is 17.5 Å². The van der Waals surface area contributed by atoms with Crippen molar-refractivity contribution in [2.45, 2.75) is 19.6 Å². The van der Waals surface area contributed by atoms with Crippen molar-refractivity contribution in [3.05, 3.63) is 50.9 Å². The average Bonchev–Trinajstić information content (AvgIpc) is 2.74. The second-order valence-electron chi connectivity index (χ2n) is 4.42. The molecule has 0 saturated heterocycles. The second-order valence-corrected chi connectivity index (χ2v) is 6.22. The number of nitrogens with zero attached hydrogens (tertiary/aromatic N) is 1. The molecule has 0 radical (unpaired) electrons. The van der Waals surface area contributed by atoms with Crippen LogP contribution in [0.15, 0.2) is 30.3 Å². The molecule has 0 spiro atoms. The van der Waals surface area contributed by atoms with Crippen molar-refractivity contribution in [1.29, 1.82) is 0 Å². The van der Waals surface area contributed by atoms with Crippen LogP contribution in [0, 0.1) is 5.82 Å². The maximum Gasteiger partial charge on any atom is 0.146 e. The lowest BCUT2D eigenvalue weighted by Gasteiger charge is -2.23. The molecule has 1 aromatic heterocycles. The van der Waals surface area contributed by atoms with Crippen LogP contribution in [-0.4, -0.2) is 12.2 Å². The Labute approximate surface area is 121 Å². The third-order valence-corrected chi connectivity index (χ3v) is 4.09. The van der Waals surface area contributed by atoms with Gasteiger partial charge < -0.3 is 10.0 Å². The topological polar surface area (TPSA) is 23.5 Å². The van der Waals surface area contributed by atoms with Crippen molar-refractivity contribution < 1.29 is 9.50 Å². The molecule has 5 heteroatoms. The fraction of sp³-hybridized carbons (Fsp3) is 0.286. The molecule has 0 aliphatic heterocycles. The Hall–Kier alpha value is -1.10. The molecule has 2 nitrogen and oxygen atoms in total. The molecule has 0 bridgehead atoms. The third-order valence-electron chi connectivity index (χ3n) is 2.87. The van der Waals surface area contributed by atoms with Gasteiger partial charge in [0.05, 0.1) is 22.7 Å².